The molecule has 100 valence electrons. The van der Waals surface area contributed by atoms with Gasteiger partial charge in [0.15, 0.2) is 0 Å². The minimum atomic E-state index is -0.301. The van der Waals surface area contributed by atoms with E-state index in [9.17, 15) is 4.79 Å². The van der Waals surface area contributed by atoms with E-state index in [1.807, 2.05) is 6.92 Å². The van der Waals surface area contributed by atoms with Crippen molar-refractivity contribution in [2.45, 2.75) is 78.7 Å². The lowest BCUT2D eigenvalue weighted by Crippen LogP contribution is -2.42. The summed E-state index contributed by atoms with van der Waals surface area (Å²) in [6.07, 6.45) is 6.19. The van der Waals surface area contributed by atoms with Crippen LogP contribution in [0.25, 0.3) is 0 Å². The highest BCUT2D eigenvalue weighted by Crippen LogP contribution is 2.41. The lowest BCUT2D eigenvalue weighted by molar-refractivity contribution is -0.176. The van der Waals surface area contributed by atoms with Crippen LogP contribution in [0.15, 0.2) is 0 Å². The zero-order valence-corrected chi connectivity index (χ0v) is 12.1. The van der Waals surface area contributed by atoms with Crippen molar-refractivity contribution in [3.05, 3.63) is 0 Å². The smallest absolute Gasteiger partial charge is 0.312 e. The molecule has 17 heavy (non-hydrogen) atoms. The van der Waals surface area contributed by atoms with E-state index >= 15 is 0 Å². The van der Waals surface area contributed by atoms with Gasteiger partial charge in [-0.1, -0.05) is 27.7 Å². The number of esters is 1. The third-order valence-corrected chi connectivity index (χ3v) is 4.85. The molecule has 0 aliphatic heterocycles. The van der Waals surface area contributed by atoms with Gasteiger partial charge in [0, 0.05) is 0 Å². The van der Waals surface area contributed by atoms with Crippen molar-refractivity contribution in [2.24, 2.45) is 11.3 Å². The molecule has 0 atom stereocenters. The topological polar surface area (TPSA) is 26.3 Å². The summed E-state index contributed by atoms with van der Waals surface area (Å²) < 4.78 is 5.97. The Morgan fingerprint density at radius 3 is 2.06 bits per heavy atom. The second kappa shape index (κ2) is 5.41. The molecule has 2 nitrogen and oxygen atoms in total. The summed E-state index contributed by atoms with van der Waals surface area (Å²) >= 11 is 0. The second-order valence-corrected chi connectivity index (χ2v) is 6.08. The number of hydrogen-bond acceptors (Lipinski definition) is 2. The maximum absolute atomic E-state index is 12.4. The van der Waals surface area contributed by atoms with Gasteiger partial charge in [0.25, 0.3) is 0 Å². The highest BCUT2D eigenvalue weighted by atomic mass is 16.6. The molecule has 0 N–H and O–H groups in total. The lowest BCUT2D eigenvalue weighted by atomic mass is 9.83. The van der Waals surface area contributed by atoms with Crippen LogP contribution in [0.5, 0.6) is 0 Å². The van der Waals surface area contributed by atoms with E-state index in [1.165, 1.54) is 12.8 Å². The molecule has 1 aliphatic rings. The molecule has 0 amide bonds. The van der Waals surface area contributed by atoms with Gasteiger partial charge in [-0.2, -0.15) is 0 Å². The molecule has 0 bridgehead atoms. The van der Waals surface area contributed by atoms with E-state index in [-0.39, 0.29) is 17.0 Å². The molecular weight excluding hydrogens is 212 g/mol. The normalized spacial score (nSPS) is 19.6. The van der Waals surface area contributed by atoms with Crippen LogP contribution in [-0.4, -0.2) is 11.6 Å². The second-order valence-electron chi connectivity index (χ2n) is 6.08. The Morgan fingerprint density at radius 1 is 1.24 bits per heavy atom. The average Bonchev–Trinajstić information content (AvgIpc) is 2.77. The molecule has 0 aromatic heterocycles. The fraction of sp³-hybridized carbons (Fsp3) is 0.933. The Kier molecular flexibility index (Phi) is 4.62. The van der Waals surface area contributed by atoms with Crippen LogP contribution in [0, 0.1) is 11.3 Å². The van der Waals surface area contributed by atoms with Crippen LogP contribution in [-0.2, 0) is 9.53 Å². The van der Waals surface area contributed by atoms with E-state index < -0.39 is 0 Å². The zero-order chi connectivity index (χ0) is 13.1. The Morgan fingerprint density at radius 2 is 1.71 bits per heavy atom. The number of ether oxygens (including phenoxy) is 1. The highest BCUT2D eigenvalue weighted by Gasteiger charge is 2.43. The quantitative estimate of drug-likeness (QED) is 0.669. The first-order chi connectivity index (χ1) is 7.90. The first kappa shape index (κ1) is 14.5. The maximum atomic E-state index is 12.4. The van der Waals surface area contributed by atoms with Crippen molar-refractivity contribution in [3.63, 3.8) is 0 Å². The zero-order valence-electron chi connectivity index (χ0n) is 12.1. The van der Waals surface area contributed by atoms with Gasteiger partial charge in [0.05, 0.1) is 5.41 Å². The standard InChI is InChI=1S/C15H28O2/c1-6-14(5,7-2)13(16)17-15(12(3)4)10-8-9-11-15/h12H,6-11H2,1-5H3. The predicted molar refractivity (Wildman–Crippen MR) is 70.8 cm³/mol. The van der Waals surface area contributed by atoms with Crippen molar-refractivity contribution in [1.82, 2.24) is 0 Å². The first-order valence-electron chi connectivity index (χ1n) is 7.13. The van der Waals surface area contributed by atoms with Gasteiger partial charge in [-0.15, -0.1) is 0 Å². The fourth-order valence-corrected chi connectivity index (χ4v) is 2.62. The summed E-state index contributed by atoms with van der Waals surface area (Å²) in [5.74, 6) is 0.435. The SMILES string of the molecule is CCC(C)(CC)C(=O)OC1(C(C)C)CCCC1. The van der Waals surface area contributed by atoms with Gasteiger partial charge in [0.1, 0.15) is 5.60 Å². The molecule has 0 radical (unpaired) electrons. The Balaban J connectivity index is 2.78. The minimum absolute atomic E-state index is 0.0121. The Bertz CT molecular complexity index is 258. The average molecular weight is 240 g/mol. The van der Waals surface area contributed by atoms with E-state index in [2.05, 4.69) is 27.7 Å². The lowest BCUT2D eigenvalue weighted by Gasteiger charge is -2.37. The summed E-state index contributed by atoms with van der Waals surface area (Å²) in [6.45, 7) is 10.5. The van der Waals surface area contributed by atoms with Crippen LogP contribution in [0.4, 0.5) is 0 Å². The van der Waals surface area contributed by atoms with E-state index in [0.29, 0.717) is 5.92 Å². The van der Waals surface area contributed by atoms with Gasteiger partial charge >= 0.3 is 5.97 Å². The Hall–Kier alpha value is -0.530. The van der Waals surface area contributed by atoms with Crippen molar-refractivity contribution >= 4 is 5.97 Å². The largest absolute Gasteiger partial charge is 0.458 e. The van der Waals surface area contributed by atoms with Gasteiger partial charge in [-0.05, 0) is 51.4 Å². The fourth-order valence-electron chi connectivity index (χ4n) is 2.62. The van der Waals surface area contributed by atoms with E-state index in [1.54, 1.807) is 0 Å². The number of rotatable bonds is 5. The molecule has 1 rings (SSSR count). The summed E-state index contributed by atoms with van der Waals surface area (Å²) in [6, 6.07) is 0. The van der Waals surface area contributed by atoms with Crippen molar-refractivity contribution in [2.75, 3.05) is 0 Å². The first-order valence-corrected chi connectivity index (χ1v) is 7.13. The third-order valence-electron chi connectivity index (χ3n) is 4.85. The molecule has 0 spiro atoms. The van der Waals surface area contributed by atoms with Crippen LogP contribution >= 0.6 is 0 Å². The van der Waals surface area contributed by atoms with Crippen molar-refractivity contribution < 1.29 is 9.53 Å². The van der Waals surface area contributed by atoms with Gasteiger partial charge < -0.3 is 4.74 Å². The van der Waals surface area contributed by atoms with Gasteiger partial charge in [-0.25, -0.2) is 0 Å². The number of carbonyl (C=O) groups excluding carboxylic acids is 1. The van der Waals surface area contributed by atoms with Gasteiger partial charge in [0.2, 0.25) is 0 Å². The molecule has 0 heterocycles. The Labute approximate surface area is 106 Å². The van der Waals surface area contributed by atoms with Crippen LogP contribution < -0.4 is 0 Å². The highest BCUT2D eigenvalue weighted by molar-refractivity contribution is 5.76. The summed E-state index contributed by atoms with van der Waals surface area (Å²) in [7, 11) is 0. The van der Waals surface area contributed by atoms with Crippen molar-refractivity contribution in [1.29, 1.82) is 0 Å². The van der Waals surface area contributed by atoms with Crippen LogP contribution in [0.3, 0.4) is 0 Å². The summed E-state index contributed by atoms with van der Waals surface area (Å²) in [4.78, 5) is 12.4. The van der Waals surface area contributed by atoms with Gasteiger partial charge in [-0.3, -0.25) is 4.79 Å². The molecule has 0 aromatic rings. The number of carbonyl (C=O) groups is 1. The van der Waals surface area contributed by atoms with Crippen LogP contribution in [0.2, 0.25) is 0 Å². The minimum Gasteiger partial charge on any atom is -0.458 e. The predicted octanol–water partition coefficient (Wildman–Crippen LogP) is 4.32. The number of hydrogen-bond donors (Lipinski definition) is 0. The van der Waals surface area contributed by atoms with E-state index in [4.69, 9.17) is 4.74 Å². The molecule has 2 heteroatoms. The summed E-state index contributed by atoms with van der Waals surface area (Å²) in [5.41, 5.74) is -0.479. The third kappa shape index (κ3) is 2.83. The molecule has 1 fully saturated rings. The van der Waals surface area contributed by atoms with Crippen LogP contribution in [0.1, 0.15) is 73.1 Å². The maximum Gasteiger partial charge on any atom is 0.312 e. The molecule has 1 aliphatic carbocycles. The molecule has 0 aromatic carbocycles. The summed E-state index contributed by atoms with van der Waals surface area (Å²) in [5, 5.41) is 0. The van der Waals surface area contributed by atoms with Crippen molar-refractivity contribution in [3.8, 4) is 0 Å². The molecule has 0 unspecified atom stereocenters. The monoisotopic (exact) mass is 240 g/mol. The van der Waals surface area contributed by atoms with E-state index in [0.717, 1.165) is 25.7 Å². The molecule has 1 saturated carbocycles. The molecule has 0 saturated heterocycles. The molecular formula is C15H28O2.